The summed E-state index contributed by atoms with van der Waals surface area (Å²) < 4.78 is 8.92. The van der Waals surface area contributed by atoms with Gasteiger partial charge < -0.3 is 20.9 Å². The molecule has 0 saturated heterocycles. The molecule has 0 bridgehead atoms. The molecule has 0 aromatic heterocycles. The van der Waals surface area contributed by atoms with E-state index in [1.807, 2.05) is 0 Å². The van der Waals surface area contributed by atoms with Crippen molar-refractivity contribution in [2.45, 2.75) is 25.9 Å². The highest BCUT2D eigenvalue weighted by Gasteiger charge is 2.11. The molecule has 0 saturated carbocycles. The minimum absolute atomic E-state index is 0. The Bertz CT molecular complexity index is 176. The maximum absolute atomic E-state index is 10.7. The van der Waals surface area contributed by atoms with Crippen molar-refractivity contribution >= 4 is 24.3 Å². The number of hydrogen-bond donors (Lipinski definition) is 2. The predicted octanol–water partition coefficient (Wildman–Crippen LogP) is -0.853. The van der Waals surface area contributed by atoms with Crippen molar-refractivity contribution in [3.8, 4) is 0 Å². The Hall–Kier alpha value is -0.850. The molecule has 6 nitrogen and oxygen atoms in total. The number of carbonyl (C=O) groups is 2. The van der Waals surface area contributed by atoms with Gasteiger partial charge in [0.25, 0.3) is 0 Å². The highest BCUT2D eigenvalue weighted by atomic mass is 35.5. The second kappa shape index (κ2) is 7.54. The number of ether oxygens (including phenoxy) is 2. The zero-order valence-corrected chi connectivity index (χ0v) is 8.87. The summed E-state index contributed by atoms with van der Waals surface area (Å²) in [6.45, 7) is 2.49. The summed E-state index contributed by atoms with van der Waals surface area (Å²) in [6, 6.07) is -1.46. The van der Waals surface area contributed by atoms with Gasteiger partial charge in [0, 0.05) is 0 Å². The molecular formula is C7H15ClN2O4. The minimum Gasteiger partial charge on any atom is -0.427 e. The van der Waals surface area contributed by atoms with Crippen LogP contribution in [0.1, 0.15) is 13.8 Å². The van der Waals surface area contributed by atoms with Crippen molar-refractivity contribution in [1.82, 2.24) is 0 Å². The fourth-order valence-corrected chi connectivity index (χ4v) is 0.409. The first-order valence-corrected chi connectivity index (χ1v) is 3.79. The molecule has 0 amide bonds. The maximum Gasteiger partial charge on any atom is 0.325 e. The quantitative estimate of drug-likeness (QED) is 0.478. The van der Waals surface area contributed by atoms with Crippen LogP contribution >= 0.6 is 12.4 Å². The van der Waals surface area contributed by atoms with Crippen LogP contribution in [0.15, 0.2) is 0 Å². The van der Waals surface area contributed by atoms with Gasteiger partial charge in [-0.1, -0.05) is 0 Å². The van der Waals surface area contributed by atoms with Crippen LogP contribution in [-0.2, 0) is 19.1 Å². The molecule has 7 heteroatoms. The summed E-state index contributed by atoms with van der Waals surface area (Å²) in [4.78, 5) is 21.4. The first-order valence-electron chi connectivity index (χ1n) is 3.79. The lowest BCUT2D eigenvalue weighted by Crippen LogP contribution is -2.32. The highest BCUT2D eigenvalue weighted by molar-refractivity contribution is 5.85. The SMILES string of the molecule is CC(N)C(=O)OCOC(=O)C(C)N.Cl. The van der Waals surface area contributed by atoms with Crippen LogP contribution in [0.2, 0.25) is 0 Å². The monoisotopic (exact) mass is 226 g/mol. The number of nitrogens with two attached hydrogens (primary N) is 2. The largest absolute Gasteiger partial charge is 0.427 e. The molecule has 0 aliphatic rings. The summed E-state index contributed by atoms with van der Waals surface area (Å²) in [5.74, 6) is -1.25. The van der Waals surface area contributed by atoms with Gasteiger partial charge in [0.05, 0.1) is 0 Å². The van der Waals surface area contributed by atoms with Crippen LogP contribution in [-0.4, -0.2) is 30.8 Å². The standard InChI is InChI=1S/C7H14N2O4.ClH/c1-4(8)6(10)12-3-13-7(11)5(2)9;/h4-5H,3,8-9H2,1-2H3;1H. The Morgan fingerprint density at radius 3 is 1.57 bits per heavy atom. The third kappa shape index (κ3) is 6.64. The molecule has 0 aliphatic heterocycles. The lowest BCUT2D eigenvalue weighted by Gasteiger charge is -2.08. The zero-order chi connectivity index (χ0) is 10.4. The molecule has 2 unspecified atom stereocenters. The van der Waals surface area contributed by atoms with Gasteiger partial charge in [0.2, 0.25) is 6.79 Å². The zero-order valence-electron chi connectivity index (χ0n) is 8.06. The lowest BCUT2D eigenvalue weighted by atomic mass is 10.4. The Morgan fingerprint density at radius 2 is 1.36 bits per heavy atom. The molecule has 2 atom stereocenters. The second-order valence-corrected chi connectivity index (χ2v) is 2.62. The third-order valence-corrected chi connectivity index (χ3v) is 1.15. The Morgan fingerprint density at radius 1 is 1.07 bits per heavy atom. The number of hydrogen-bond acceptors (Lipinski definition) is 6. The van der Waals surface area contributed by atoms with Gasteiger partial charge in [-0.05, 0) is 13.8 Å². The van der Waals surface area contributed by atoms with E-state index in [0.29, 0.717) is 0 Å². The summed E-state index contributed by atoms with van der Waals surface area (Å²) in [6.07, 6.45) is 0. The Balaban J connectivity index is 0. The topological polar surface area (TPSA) is 105 Å². The minimum atomic E-state index is -0.728. The normalized spacial score (nSPS) is 13.4. The fourth-order valence-electron chi connectivity index (χ4n) is 0.409. The van der Waals surface area contributed by atoms with Gasteiger partial charge in [-0.15, -0.1) is 12.4 Å². The van der Waals surface area contributed by atoms with Crippen molar-refractivity contribution < 1.29 is 19.1 Å². The van der Waals surface area contributed by atoms with Crippen LogP contribution in [0.5, 0.6) is 0 Å². The molecule has 0 fully saturated rings. The first-order chi connectivity index (χ1) is 5.95. The summed E-state index contributed by atoms with van der Waals surface area (Å²) in [5.41, 5.74) is 10.3. The molecule has 0 spiro atoms. The van der Waals surface area contributed by atoms with Crippen LogP contribution < -0.4 is 11.5 Å². The van der Waals surface area contributed by atoms with E-state index >= 15 is 0 Å². The Kier molecular flexibility index (Phi) is 8.41. The van der Waals surface area contributed by atoms with E-state index in [9.17, 15) is 9.59 Å². The van der Waals surface area contributed by atoms with Gasteiger partial charge >= 0.3 is 11.9 Å². The average molecular weight is 227 g/mol. The number of halogens is 1. The van der Waals surface area contributed by atoms with Crippen LogP contribution in [0.3, 0.4) is 0 Å². The van der Waals surface area contributed by atoms with E-state index in [1.54, 1.807) is 0 Å². The summed E-state index contributed by atoms with van der Waals surface area (Å²) >= 11 is 0. The maximum atomic E-state index is 10.7. The number of esters is 2. The molecule has 0 heterocycles. The molecule has 0 aliphatic carbocycles. The van der Waals surface area contributed by atoms with Crippen molar-refractivity contribution in [3.63, 3.8) is 0 Å². The molecule has 4 N–H and O–H groups in total. The van der Waals surface area contributed by atoms with Gasteiger partial charge in [-0.3, -0.25) is 9.59 Å². The van der Waals surface area contributed by atoms with E-state index in [2.05, 4.69) is 9.47 Å². The fraction of sp³-hybridized carbons (Fsp3) is 0.714. The average Bonchev–Trinajstić information content (AvgIpc) is 2.03. The van der Waals surface area contributed by atoms with E-state index < -0.39 is 30.8 Å². The van der Waals surface area contributed by atoms with Crippen LogP contribution in [0.25, 0.3) is 0 Å². The summed E-state index contributed by atoms with van der Waals surface area (Å²) in [7, 11) is 0. The second-order valence-electron chi connectivity index (χ2n) is 2.62. The first kappa shape index (κ1) is 15.6. The molecular weight excluding hydrogens is 212 g/mol. The van der Waals surface area contributed by atoms with Gasteiger partial charge in [0.15, 0.2) is 0 Å². The van der Waals surface area contributed by atoms with E-state index in [1.165, 1.54) is 13.8 Å². The molecule has 0 rings (SSSR count). The lowest BCUT2D eigenvalue weighted by molar-refractivity contribution is -0.168. The van der Waals surface area contributed by atoms with E-state index in [4.69, 9.17) is 11.5 Å². The smallest absolute Gasteiger partial charge is 0.325 e. The predicted molar refractivity (Wildman–Crippen MR) is 51.6 cm³/mol. The van der Waals surface area contributed by atoms with Crippen molar-refractivity contribution in [2.75, 3.05) is 6.79 Å². The molecule has 0 aromatic rings. The molecule has 0 aromatic carbocycles. The van der Waals surface area contributed by atoms with Crippen molar-refractivity contribution in [1.29, 1.82) is 0 Å². The Labute approximate surface area is 88.3 Å². The molecule has 14 heavy (non-hydrogen) atoms. The van der Waals surface area contributed by atoms with Crippen molar-refractivity contribution in [3.05, 3.63) is 0 Å². The van der Waals surface area contributed by atoms with Gasteiger partial charge in [-0.25, -0.2) is 0 Å². The summed E-state index contributed by atoms with van der Waals surface area (Å²) in [5, 5.41) is 0. The highest BCUT2D eigenvalue weighted by Crippen LogP contribution is 1.88. The van der Waals surface area contributed by atoms with Gasteiger partial charge in [0.1, 0.15) is 12.1 Å². The van der Waals surface area contributed by atoms with Crippen LogP contribution in [0, 0.1) is 0 Å². The molecule has 0 radical (unpaired) electrons. The van der Waals surface area contributed by atoms with Gasteiger partial charge in [-0.2, -0.15) is 0 Å². The third-order valence-electron chi connectivity index (χ3n) is 1.15. The molecule has 84 valence electrons. The van der Waals surface area contributed by atoms with E-state index in [0.717, 1.165) is 0 Å². The van der Waals surface area contributed by atoms with Crippen molar-refractivity contribution in [2.24, 2.45) is 11.5 Å². The number of carbonyl (C=O) groups excluding carboxylic acids is 2. The van der Waals surface area contributed by atoms with E-state index in [-0.39, 0.29) is 12.4 Å². The number of rotatable bonds is 4. The van der Waals surface area contributed by atoms with Crippen LogP contribution in [0.4, 0.5) is 0 Å².